The molecule has 0 radical (unpaired) electrons. The largest absolute Gasteiger partial charge is 0.494 e. The summed E-state index contributed by atoms with van der Waals surface area (Å²) in [5.74, 6) is -0.522. The molecule has 0 bridgehead atoms. The van der Waals surface area contributed by atoms with Crippen LogP contribution in [-0.2, 0) is 11.3 Å². The number of hydrogen-bond acceptors (Lipinski definition) is 3. The van der Waals surface area contributed by atoms with E-state index in [1.54, 1.807) is 12.1 Å². The number of carbonyl (C=O) groups excluding carboxylic acids is 1. The van der Waals surface area contributed by atoms with Crippen LogP contribution in [0.2, 0.25) is 0 Å². The van der Waals surface area contributed by atoms with E-state index in [1.807, 2.05) is 0 Å². The molecule has 0 aliphatic rings. The minimum absolute atomic E-state index is 0.223. The molecule has 0 aromatic heterocycles. The third kappa shape index (κ3) is 3.86. The zero-order chi connectivity index (χ0) is 12.0. The van der Waals surface area contributed by atoms with Crippen LogP contribution in [0.3, 0.4) is 0 Å². The maximum atomic E-state index is 13.3. The van der Waals surface area contributed by atoms with E-state index in [0.717, 1.165) is 5.56 Å². The molecule has 1 aromatic rings. The Bertz CT molecular complexity index is 369. The smallest absolute Gasteiger partial charge is 0.218 e. The van der Waals surface area contributed by atoms with Gasteiger partial charge in [0.15, 0.2) is 11.6 Å². The van der Waals surface area contributed by atoms with E-state index in [-0.39, 0.29) is 18.1 Å². The molecule has 0 unspecified atom stereocenters. The molecular weight excluding hydrogens is 211 g/mol. The highest BCUT2D eigenvalue weighted by Crippen LogP contribution is 2.17. The lowest BCUT2D eigenvalue weighted by Gasteiger charge is -2.06. The number of methoxy groups -OCH3 is 1. The van der Waals surface area contributed by atoms with E-state index >= 15 is 0 Å². The second kappa shape index (κ2) is 6.07. The molecule has 0 aliphatic heterocycles. The normalized spacial score (nSPS) is 10.1. The zero-order valence-electron chi connectivity index (χ0n) is 9.13. The highest BCUT2D eigenvalue weighted by atomic mass is 19.1. The van der Waals surface area contributed by atoms with Gasteiger partial charge in [-0.2, -0.15) is 0 Å². The molecular formula is C11H15FN2O2. The van der Waals surface area contributed by atoms with E-state index < -0.39 is 5.82 Å². The van der Waals surface area contributed by atoms with Crippen LogP contribution >= 0.6 is 0 Å². The van der Waals surface area contributed by atoms with Gasteiger partial charge in [0.05, 0.1) is 7.11 Å². The van der Waals surface area contributed by atoms with Gasteiger partial charge in [0.25, 0.3) is 0 Å². The van der Waals surface area contributed by atoms with Crippen LogP contribution in [-0.4, -0.2) is 19.6 Å². The molecule has 0 aliphatic carbocycles. The Hall–Kier alpha value is -1.62. The van der Waals surface area contributed by atoms with Gasteiger partial charge in [-0.15, -0.1) is 0 Å². The van der Waals surface area contributed by atoms with Gasteiger partial charge in [0.1, 0.15) is 0 Å². The van der Waals surface area contributed by atoms with Gasteiger partial charge in [-0.25, -0.2) is 4.39 Å². The Balaban J connectivity index is 2.43. The van der Waals surface area contributed by atoms with Crippen LogP contribution in [0.15, 0.2) is 18.2 Å². The Kier molecular flexibility index (Phi) is 4.72. The molecule has 0 saturated heterocycles. The van der Waals surface area contributed by atoms with Gasteiger partial charge in [-0.05, 0) is 17.7 Å². The SMILES string of the molecule is COc1ccc(CNCCC(N)=O)cc1F. The Morgan fingerprint density at radius 1 is 1.56 bits per heavy atom. The van der Waals surface area contributed by atoms with Crippen molar-refractivity contribution in [1.82, 2.24) is 5.32 Å². The van der Waals surface area contributed by atoms with Crippen molar-refractivity contribution in [1.29, 1.82) is 0 Å². The average molecular weight is 226 g/mol. The van der Waals surface area contributed by atoms with Crippen molar-refractivity contribution in [3.8, 4) is 5.75 Å². The molecule has 16 heavy (non-hydrogen) atoms. The van der Waals surface area contributed by atoms with E-state index in [2.05, 4.69) is 5.32 Å². The van der Waals surface area contributed by atoms with E-state index in [1.165, 1.54) is 13.2 Å². The topological polar surface area (TPSA) is 64.3 Å². The Morgan fingerprint density at radius 3 is 2.88 bits per heavy atom. The van der Waals surface area contributed by atoms with Crippen molar-refractivity contribution < 1.29 is 13.9 Å². The fraction of sp³-hybridized carbons (Fsp3) is 0.364. The number of rotatable bonds is 6. The number of amides is 1. The van der Waals surface area contributed by atoms with E-state index in [4.69, 9.17) is 10.5 Å². The monoisotopic (exact) mass is 226 g/mol. The molecule has 1 aromatic carbocycles. The van der Waals surface area contributed by atoms with E-state index in [9.17, 15) is 9.18 Å². The number of nitrogens with two attached hydrogens (primary N) is 1. The number of carbonyl (C=O) groups is 1. The molecule has 0 atom stereocenters. The number of benzene rings is 1. The van der Waals surface area contributed by atoms with Crippen molar-refractivity contribution in [2.45, 2.75) is 13.0 Å². The summed E-state index contributed by atoms with van der Waals surface area (Å²) in [6, 6.07) is 4.73. The Morgan fingerprint density at radius 2 is 2.31 bits per heavy atom. The van der Waals surface area contributed by atoms with Gasteiger partial charge < -0.3 is 15.8 Å². The molecule has 5 heteroatoms. The van der Waals surface area contributed by atoms with Gasteiger partial charge in [0, 0.05) is 19.5 Å². The molecule has 0 fully saturated rings. The number of hydrogen-bond donors (Lipinski definition) is 2. The second-order valence-electron chi connectivity index (χ2n) is 3.36. The van der Waals surface area contributed by atoms with Crippen molar-refractivity contribution >= 4 is 5.91 Å². The van der Waals surface area contributed by atoms with Crippen molar-refractivity contribution in [2.75, 3.05) is 13.7 Å². The van der Waals surface area contributed by atoms with Crippen molar-refractivity contribution in [2.24, 2.45) is 5.73 Å². The van der Waals surface area contributed by atoms with Gasteiger partial charge in [-0.3, -0.25) is 4.79 Å². The van der Waals surface area contributed by atoms with Crippen LogP contribution < -0.4 is 15.8 Å². The lowest BCUT2D eigenvalue weighted by Crippen LogP contribution is -2.21. The summed E-state index contributed by atoms with van der Waals surface area (Å²) in [6.07, 6.45) is 0.276. The number of primary amides is 1. The number of halogens is 1. The van der Waals surface area contributed by atoms with Crippen molar-refractivity contribution in [3.63, 3.8) is 0 Å². The summed E-state index contributed by atoms with van der Waals surface area (Å²) in [5, 5.41) is 2.99. The molecule has 0 saturated carbocycles. The zero-order valence-corrected chi connectivity index (χ0v) is 9.13. The first-order chi connectivity index (χ1) is 7.63. The Labute approximate surface area is 93.6 Å². The second-order valence-corrected chi connectivity index (χ2v) is 3.36. The van der Waals surface area contributed by atoms with Crippen LogP contribution in [0.1, 0.15) is 12.0 Å². The predicted octanol–water partition coefficient (Wildman–Crippen LogP) is 0.799. The molecule has 4 nitrogen and oxygen atoms in total. The summed E-state index contributed by atoms with van der Waals surface area (Å²) in [4.78, 5) is 10.5. The maximum absolute atomic E-state index is 13.3. The lowest BCUT2D eigenvalue weighted by molar-refractivity contribution is -0.117. The first-order valence-corrected chi connectivity index (χ1v) is 4.95. The third-order valence-electron chi connectivity index (χ3n) is 2.09. The maximum Gasteiger partial charge on any atom is 0.218 e. The highest BCUT2D eigenvalue weighted by molar-refractivity contribution is 5.73. The minimum Gasteiger partial charge on any atom is -0.494 e. The summed E-state index contributed by atoms with van der Waals surface area (Å²) in [6.45, 7) is 0.983. The molecule has 1 amide bonds. The summed E-state index contributed by atoms with van der Waals surface area (Å²) in [7, 11) is 1.42. The van der Waals surface area contributed by atoms with E-state index in [0.29, 0.717) is 13.1 Å². The summed E-state index contributed by atoms with van der Waals surface area (Å²) < 4.78 is 18.1. The quantitative estimate of drug-likeness (QED) is 0.705. The fourth-order valence-corrected chi connectivity index (χ4v) is 1.26. The van der Waals surface area contributed by atoms with Crippen LogP contribution in [0.5, 0.6) is 5.75 Å². The standard InChI is InChI=1S/C11H15FN2O2/c1-16-10-3-2-8(6-9(10)12)7-14-5-4-11(13)15/h2-3,6,14H,4-5,7H2,1H3,(H2,13,15). The molecule has 88 valence electrons. The predicted molar refractivity (Wildman–Crippen MR) is 58.5 cm³/mol. The van der Waals surface area contributed by atoms with Gasteiger partial charge in [-0.1, -0.05) is 6.07 Å². The number of ether oxygens (including phenoxy) is 1. The molecule has 0 spiro atoms. The van der Waals surface area contributed by atoms with Crippen LogP contribution in [0, 0.1) is 5.82 Å². The molecule has 1 rings (SSSR count). The summed E-state index contributed by atoms with van der Waals surface area (Å²) in [5.41, 5.74) is 5.77. The van der Waals surface area contributed by atoms with Crippen LogP contribution in [0.25, 0.3) is 0 Å². The first kappa shape index (κ1) is 12.4. The summed E-state index contributed by atoms with van der Waals surface area (Å²) >= 11 is 0. The number of nitrogens with one attached hydrogen (secondary N) is 1. The molecule has 0 heterocycles. The highest BCUT2D eigenvalue weighted by Gasteiger charge is 2.03. The lowest BCUT2D eigenvalue weighted by atomic mass is 10.2. The van der Waals surface area contributed by atoms with Gasteiger partial charge >= 0.3 is 0 Å². The van der Waals surface area contributed by atoms with Crippen LogP contribution in [0.4, 0.5) is 4.39 Å². The third-order valence-corrected chi connectivity index (χ3v) is 2.09. The molecule has 3 N–H and O–H groups in total. The minimum atomic E-state index is -0.392. The van der Waals surface area contributed by atoms with Crippen molar-refractivity contribution in [3.05, 3.63) is 29.6 Å². The first-order valence-electron chi connectivity index (χ1n) is 4.95. The fourth-order valence-electron chi connectivity index (χ4n) is 1.26. The average Bonchev–Trinajstić information content (AvgIpc) is 2.24. The van der Waals surface area contributed by atoms with Gasteiger partial charge in [0.2, 0.25) is 5.91 Å².